The summed E-state index contributed by atoms with van der Waals surface area (Å²) in [6.45, 7) is 5.72. The molecule has 5 rings (SSSR count). The molecule has 202 valence electrons. The van der Waals surface area contributed by atoms with Crippen LogP contribution in [0.4, 0.5) is 0 Å². The maximum Gasteiger partial charge on any atom is 0.253 e. The number of hydrogen-bond donors (Lipinski definition) is 1. The summed E-state index contributed by atoms with van der Waals surface area (Å²) in [5.41, 5.74) is 2.66. The van der Waals surface area contributed by atoms with Crippen molar-refractivity contribution in [2.75, 3.05) is 32.8 Å². The number of rotatable bonds is 8. The van der Waals surface area contributed by atoms with Crippen molar-refractivity contribution in [2.24, 2.45) is 0 Å². The fourth-order valence-electron chi connectivity index (χ4n) is 4.85. The first kappa shape index (κ1) is 26.6. The Morgan fingerprint density at radius 3 is 2.41 bits per heavy atom. The maximum absolute atomic E-state index is 13.2. The van der Waals surface area contributed by atoms with Gasteiger partial charge in [-0.1, -0.05) is 36.4 Å². The molecule has 1 N–H and O–H groups in total. The summed E-state index contributed by atoms with van der Waals surface area (Å²) in [6.07, 6.45) is 1.59. The maximum atomic E-state index is 13.2. The molecule has 0 spiro atoms. The average molecular weight is 546 g/mol. The SMILES string of the molecule is CCOc1cc(CN2CCN(C(=O)c3ccc(CS(=O)(=O)c4cccc5cccnc45)cc3)CC2)ccc1O. The van der Waals surface area contributed by atoms with Crippen molar-refractivity contribution in [1.82, 2.24) is 14.8 Å². The van der Waals surface area contributed by atoms with Crippen LogP contribution in [0.15, 0.2) is 83.9 Å². The van der Waals surface area contributed by atoms with Crippen molar-refractivity contribution in [3.63, 3.8) is 0 Å². The topological polar surface area (TPSA) is 100 Å². The van der Waals surface area contributed by atoms with E-state index in [0.29, 0.717) is 48.6 Å². The lowest BCUT2D eigenvalue weighted by molar-refractivity contribution is 0.0628. The molecule has 1 fully saturated rings. The number of aromatic nitrogens is 1. The molecule has 0 aliphatic carbocycles. The fourth-order valence-corrected chi connectivity index (χ4v) is 6.38. The predicted molar refractivity (Wildman–Crippen MR) is 150 cm³/mol. The average Bonchev–Trinajstić information content (AvgIpc) is 2.95. The fraction of sp³-hybridized carbons (Fsp3) is 0.267. The number of amides is 1. The van der Waals surface area contributed by atoms with Crippen LogP contribution in [0.25, 0.3) is 10.9 Å². The Kier molecular flexibility index (Phi) is 7.81. The van der Waals surface area contributed by atoms with Crippen molar-refractivity contribution < 1.29 is 23.1 Å². The number of nitrogens with zero attached hydrogens (tertiary/aromatic N) is 3. The zero-order valence-electron chi connectivity index (χ0n) is 21.8. The summed E-state index contributed by atoms with van der Waals surface area (Å²) in [5.74, 6) is 0.377. The van der Waals surface area contributed by atoms with E-state index in [2.05, 4.69) is 9.88 Å². The molecule has 8 nitrogen and oxygen atoms in total. The van der Waals surface area contributed by atoms with Crippen LogP contribution in [-0.4, -0.2) is 67.0 Å². The van der Waals surface area contributed by atoms with Gasteiger partial charge in [-0.05, 0) is 54.4 Å². The highest BCUT2D eigenvalue weighted by atomic mass is 32.2. The molecule has 39 heavy (non-hydrogen) atoms. The Hall–Kier alpha value is -3.95. The van der Waals surface area contributed by atoms with Crippen molar-refractivity contribution >= 4 is 26.6 Å². The van der Waals surface area contributed by atoms with Gasteiger partial charge in [0, 0.05) is 49.9 Å². The van der Waals surface area contributed by atoms with Gasteiger partial charge in [0.1, 0.15) is 0 Å². The molecular weight excluding hydrogens is 514 g/mol. The Morgan fingerprint density at radius 1 is 0.949 bits per heavy atom. The van der Waals surface area contributed by atoms with Gasteiger partial charge in [0.05, 0.1) is 22.8 Å². The minimum atomic E-state index is -3.62. The smallest absolute Gasteiger partial charge is 0.253 e. The number of hydrogen-bond acceptors (Lipinski definition) is 7. The van der Waals surface area contributed by atoms with Crippen LogP contribution in [0.2, 0.25) is 0 Å². The first-order valence-electron chi connectivity index (χ1n) is 13.0. The number of aromatic hydroxyl groups is 1. The molecule has 3 aromatic carbocycles. The van der Waals surface area contributed by atoms with Crippen LogP contribution >= 0.6 is 0 Å². The van der Waals surface area contributed by atoms with Gasteiger partial charge in [0.25, 0.3) is 5.91 Å². The molecule has 0 bridgehead atoms. The number of phenols is 1. The predicted octanol–water partition coefficient (Wildman–Crippen LogP) is 4.27. The minimum absolute atomic E-state index is 0.0643. The van der Waals surface area contributed by atoms with E-state index in [1.807, 2.05) is 36.1 Å². The van der Waals surface area contributed by atoms with Crippen LogP contribution in [0.3, 0.4) is 0 Å². The second kappa shape index (κ2) is 11.4. The van der Waals surface area contributed by atoms with Gasteiger partial charge in [0.15, 0.2) is 21.3 Å². The Labute approximate surface area is 228 Å². The Bertz CT molecular complexity index is 1580. The molecule has 1 aliphatic heterocycles. The van der Waals surface area contributed by atoms with Crippen LogP contribution in [0.1, 0.15) is 28.4 Å². The largest absolute Gasteiger partial charge is 0.504 e. The van der Waals surface area contributed by atoms with Crippen LogP contribution in [0, 0.1) is 0 Å². The first-order chi connectivity index (χ1) is 18.8. The summed E-state index contributed by atoms with van der Waals surface area (Å²) in [6, 6.07) is 21.0. The molecule has 2 heterocycles. The number of carbonyl (C=O) groups excluding carboxylic acids is 1. The number of benzene rings is 3. The van der Waals surface area contributed by atoms with Gasteiger partial charge in [-0.2, -0.15) is 0 Å². The molecule has 1 aromatic heterocycles. The summed E-state index contributed by atoms with van der Waals surface area (Å²) < 4.78 is 31.8. The highest BCUT2D eigenvalue weighted by Gasteiger charge is 2.23. The third-order valence-corrected chi connectivity index (χ3v) is 8.59. The second-order valence-electron chi connectivity index (χ2n) is 9.59. The van der Waals surface area contributed by atoms with E-state index in [0.717, 1.165) is 24.0 Å². The molecule has 0 saturated carbocycles. The Morgan fingerprint density at radius 2 is 1.67 bits per heavy atom. The number of pyridine rings is 1. The van der Waals surface area contributed by atoms with Gasteiger partial charge < -0.3 is 14.7 Å². The van der Waals surface area contributed by atoms with Gasteiger partial charge in [-0.25, -0.2) is 8.42 Å². The van der Waals surface area contributed by atoms with E-state index < -0.39 is 9.84 Å². The van der Waals surface area contributed by atoms with E-state index in [9.17, 15) is 18.3 Å². The van der Waals surface area contributed by atoms with Gasteiger partial charge in [0.2, 0.25) is 0 Å². The monoisotopic (exact) mass is 545 g/mol. The quantitative estimate of drug-likeness (QED) is 0.353. The number of fused-ring (bicyclic) bond motifs is 1. The lowest BCUT2D eigenvalue weighted by atomic mass is 10.1. The molecule has 0 atom stereocenters. The van der Waals surface area contributed by atoms with Crippen molar-refractivity contribution in [2.45, 2.75) is 24.1 Å². The Balaban J connectivity index is 1.19. The van der Waals surface area contributed by atoms with E-state index in [-0.39, 0.29) is 22.3 Å². The van der Waals surface area contributed by atoms with Gasteiger partial charge in [-0.3, -0.25) is 14.7 Å². The molecule has 1 aliphatic rings. The number of piperazine rings is 1. The molecule has 0 unspecified atom stereocenters. The number of para-hydroxylation sites is 1. The van der Waals surface area contributed by atoms with E-state index in [1.54, 1.807) is 54.7 Å². The van der Waals surface area contributed by atoms with E-state index in [4.69, 9.17) is 4.74 Å². The summed E-state index contributed by atoms with van der Waals surface area (Å²) in [4.78, 5) is 21.7. The molecule has 0 radical (unpaired) electrons. The zero-order valence-corrected chi connectivity index (χ0v) is 22.6. The highest BCUT2D eigenvalue weighted by molar-refractivity contribution is 7.90. The first-order valence-corrected chi connectivity index (χ1v) is 14.6. The zero-order chi connectivity index (χ0) is 27.4. The molecular formula is C30H31N3O5S. The van der Waals surface area contributed by atoms with Crippen LogP contribution in [0.5, 0.6) is 11.5 Å². The highest BCUT2D eigenvalue weighted by Crippen LogP contribution is 2.28. The second-order valence-corrected chi connectivity index (χ2v) is 11.5. The van der Waals surface area contributed by atoms with Crippen molar-refractivity contribution in [3.8, 4) is 11.5 Å². The summed E-state index contributed by atoms with van der Waals surface area (Å²) in [5, 5.41) is 10.7. The molecule has 1 saturated heterocycles. The van der Waals surface area contributed by atoms with E-state index >= 15 is 0 Å². The van der Waals surface area contributed by atoms with Crippen molar-refractivity contribution in [3.05, 3.63) is 95.7 Å². The van der Waals surface area contributed by atoms with Crippen LogP contribution < -0.4 is 4.74 Å². The normalized spacial score (nSPS) is 14.4. The lowest BCUT2D eigenvalue weighted by Gasteiger charge is -2.35. The number of carbonyl (C=O) groups is 1. The lowest BCUT2D eigenvalue weighted by Crippen LogP contribution is -2.48. The summed E-state index contributed by atoms with van der Waals surface area (Å²) in [7, 11) is -3.62. The minimum Gasteiger partial charge on any atom is -0.504 e. The third-order valence-electron chi connectivity index (χ3n) is 6.88. The molecule has 1 amide bonds. The number of ether oxygens (including phenoxy) is 1. The van der Waals surface area contributed by atoms with Crippen LogP contribution in [-0.2, 0) is 22.1 Å². The van der Waals surface area contributed by atoms with E-state index in [1.165, 1.54) is 0 Å². The summed E-state index contributed by atoms with van der Waals surface area (Å²) >= 11 is 0. The van der Waals surface area contributed by atoms with Gasteiger partial charge in [-0.15, -0.1) is 0 Å². The third kappa shape index (κ3) is 6.05. The number of phenolic OH excluding ortho intramolecular Hbond substituents is 1. The van der Waals surface area contributed by atoms with Crippen molar-refractivity contribution in [1.29, 1.82) is 0 Å². The number of sulfone groups is 1. The van der Waals surface area contributed by atoms with Gasteiger partial charge >= 0.3 is 0 Å². The molecule has 9 heteroatoms. The molecule has 4 aromatic rings. The standard InChI is InChI=1S/C30H31N3O5S/c1-2-38-27-19-23(10-13-26(27)34)20-32-15-17-33(18-16-32)30(35)25-11-8-22(9-12-25)21-39(36,37)28-7-3-5-24-6-4-14-31-29(24)28/h3-14,19,34H,2,15-18,20-21H2,1H3.